The summed E-state index contributed by atoms with van der Waals surface area (Å²) in [5.41, 5.74) is 1.08. The van der Waals surface area contributed by atoms with Gasteiger partial charge in [-0.1, -0.05) is 24.8 Å². The Morgan fingerprint density at radius 3 is 2.50 bits per heavy atom. The standard InChI is InChI=1S/C14H22N2O3S/c1-4-10-19-14-7-5-13(6-8-14)12-15-9-11-20(17,18)16(2)3/h4-8,15H,1,9-12H2,2-3H3. The lowest BCUT2D eigenvalue weighted by Crippen LogP contribution is -2.30. The third-order valence-corrected chi connectivity index (χ3v) is 4.55. The quantitative estimate of drug-likeness (QED) is 0.550. The van der Waals surface area contributed by atoms with E-state index in [-0.39, 0.29) is 5.75 Å². The first-order chi connectivity index (χ1) is 9.45. The highest BCUT2D eigenvalue weighted by Gasteiger charge is 2.12. The number of rotatable bonds is 9. The largest absolute Gasteiger partial charge is 0.490 e. The molecule has 1 aromatic rings. The first-order valence-corrected chi connectivity index (χ1v) is 8.00. The maximum atomic E-state index is 11.5. The summed E-state index contributed by atoms with van der Waals surface area (Å²) in [6.07, 6.45) is 1.70. The summed E-state index contributed by atoms with van der Waals surface area (Å²) in [7, 11) is -0.0502. The molecule has 1 rings (SSSR count). The van der Waals surface area contributed by atoms with E-state index in [1.165, 1.54) is 18.4 Å². The molecule has 0 spiro atoms. The van der Waals surface area contributed by atoms with E-state index in [2.05, 4.69) is 11.9 Å². The number of ether oxygens (including phenoxy) is 1. The minimum atomic E-state index is -3.13. The number of nitrogens with zero attached hydrogens (tertiary/aromatic N) is 1. The van der Waals surface area contributed by atoms with E-state index in [0.29, 0.717) is 19.7 Å². The second kappa shape index (κ2) is 8.04. The van der Waals surface area contributed by atoms with Gasteiger partial charge in [0.05, 0.1) is 5.75 Å². The number of sulfonamides is 1. The molecule has 0 bridgehead atoms. The van der Waals surface area contributed by atoms with Crippen molar-refractivity contribution in [3.63, 3.8) is 0 Å². The summed E-state index contributed by atoms with van der Waals surface area (Å²) in [5.74, 6) is 0.893. The zero-order chi connectivity index (χ0) is 15.0. The van der Waals surface area contributed by atoms with Gasteiger partial charge in [-0.2, -0.15) is 0 Å². The number of nitrogens with one attached hydrogen (secondary N) is 1. The Hall–Kier alpha value is -1.37. The summed E-state index contributed by atoms with van der Waals surface area (Å²) in [6.45, 7) is 5.13. The van der Waals surface area contributed by atoms with Crippen LogP contribution in [0.4, 0.5) is 0 Å². The molecule has 0 saturated heterocycles. The smallest absolute Gasteiger partial charge is 0.214 e. The first kappa shape index (κ1) is 16.7. The molecule has 0 unspecified atom stereocenters. The lowest BCUT2D eigenvalue weighted by Gasteiger charge is -2.11. The molecule has 0 amide bonds. The van der Waals surface area contributed by atoms with Crippen LogP contribution in [0.2, 0.25) is 0 Å². The van der Waals surface area contributed by atoms with Gasteiger partial charge < -0.3 is 10.1 Å². The monoisotopic (exact) mass is 298 g/mol. The van der Waals surface area contributed by atoms with Crippen LogP contribution >= 0.6 is 0 Å². The SMILES string of the molecule is C=CCOc1ccc(CNCCS(=O)(=O)N(C)C)cc1. The third kappa shape index (κ3) is 5.73. The van der Waals surface area contributed by atoms with E-state index < -0.39 is 10.0 Å². The molecule has 1 N–H and O–H groups in total. The molecule has 0 atom stereocenters. The zero-order valence-corrected chi connectivity index (χ0v) is 12.8. The lowest BCUT2D eigenvalue weighted by molar-refractivity contribution is 0.363. The zero-order valence-electron chi connectivity index (χ0n) is 12.0. The molecule has 0 aliphatic heterocycles. The van der Waals surface area contributed by atoms with Gasteiger partial charge in [0.25, 0.3) is 0 Å². The van der Waals surface area contributed by atoms with Crippen LogP contribution in [0.25, 0.3) is 0 Å². The Labute approximate surface area is 121 Å². The maximum Gasteiger partial charge on any atom is 0.214 e. The van der Waals surface area contributed by atoms with Gasteiger partial charge in [0.15, 0.2) is 0 Å². The lowest BCUT2D eigenvalue weighted by atomic mass is 10.2. The van der Waals surface area contributed by atoms with E-state index in [1.54, 1.807) is 6.08 Å². The van der Waals surface area contributed by atoms with Crippen molar-refractivity contribution in [2.24, 2.45) is 0 Å². The Morgan fingerprint density at radius 2 is 1.95 bits per heavy atom. The molecular weight excluding hydrogens is 276 g/mol. The fourth-order valence-corrected chi connectivity index (χ4v) is 2.24. The van der Waals surface area contributed by atoms with Crippen molar-refractivity contribution in [1.82, 2.24) is 9.62 Å². The van der Waals surface area contributed by atoms with E-state index in [4.69, 9.17) is 4.74 Å². The maximum absolute atomic E-state index is 11.5. The molecule has 0 aliphatic carbocycles. The minimum Gasteiger partial charge on any atom is -0.490 e. The first-order valence-electron chi connectivity index (χ1n) is 6.39. The second-order valence-electron chi connectivity index (χ2n) is 4.52. The fraction of sp³-hybridized carbons (Fsp3) is 0.429. The minimum absolute atomic E-state index is 0.0977. The van der Waals surface area contributed by atoms with Gasteiger partial charge >= 0.3 is 0 Å². The fourth-order valence-electron chi connectivity index (χ4n) is 1.48. The van der Waals surface area contributed by atoms with Crippen molar-refractivity contribution in [3.05, 3.63) is 42.5 Å². The van der Waals surface area contributed by atoms with Gasteiger partial charge in [0.1, 0.15) is 12.4 Å². The van der Waals surface area contributed by atoms with E-state index in [1.807, 2.05) is 24.3 Å². The average molecular weight is 298 g/mol. The normalized spacial score (nSPS) is 11.6. The molecular formula is C14H22N2O3S. The van der Waals surface area contributed by atoms with E-state index in [9.17, 15) is 8.42 Å². The van der Waals surface area contributed by atoms with Crippen LogP contribution in [0.1, 0.15) is 5.56 Å². The van der Waals surface area contributed by atoms with Crippen LogP contribution in [0, 0.1) is 0 Å². The molecule has 0 heterocycles. The van der Waals surface area contributed by atoms with Gasteiger partial charge in [-0.25, -0.2) is 12.7 Å². The Balaban J connectivity index is 2.34. The van der Waals surface area contributed by atoms with Crippen LogP contribution in [0.15, 0.2) is 36.9 Å². The molecule has 0 saturated carbocycles. The third-order valence-electron chi connectivity index (χ3n) is 2.71. The molecule has 112 valence electrons. The Morgan fingerprint density at radius 1 is 1.30 bits per heavy atom. The average Bonchev–Trinajstić information content (AvgIpc) is 2.42. The Bertz CT molecular complexity index is 510. The van der Waals surface area contributed by atoms with Crippen LogP contribution in [0.5, 0.6) is 5.75 Å². The van der Waals surface area contributed by atoms with Crippen molar-refractivity contribution in [1.29, 1.82) is 0 Å². The predicted molar refractivity (Wildman–Crippen MR) is 81.3 cm³/mol. The predicted octanol–water partition coefficient (Wildman–Crippen LogP) is 1.23. The van der Waals surface area contributed by atoms with Gasteiger partial charge in [-0.05, 0) is 17.7 Å². The topological polar surface area (TPSA) is 58.6 Å². The van der Waals surface area contributed by atoms with Crippen LogP contribution in [-0.4, -0.2) is 45.7 Å². The molecule has 20 heavy (non-hydrogen) atoms. The highest BCUT2D eigenvalue weighted by Crippen LogP contribution is 2.11. The molecule has 0 fully saturated rings. The van der Waals surface area contributed by atoms with Crippen LogP contribution in [0.3, 0.4) is 0 Å². The molecule has 5 nitrogen and oxygen atoms in total. The van der Waals surface area contributed by atoms with Crippen LogP contribution < -0.4 is 10.1 Å². The molecule has 0 radical (unpaired) electrons. The van der Waals surface area contributed by atoms with Gasteiger partial charge in [0, 0.05) is 27.2 Å². The molecule has 0 aliphatic rings. The van der Waals surface area contributed by atoms with Crippen molar-refractivity contribution < 1.29 is 13.2 Å². The van der Waals surface area contributed by atoms with Crippen molar-refractivity contribution in [3.8, 4) is 5.75 Å². The summed E-state index contributed by atoms with van der Waals surface area (Å²) < 4.78 is 29.7. The van der Waals surface area contributed by atoms with Crippen molar-refractivity contribution in [2.75, 3.05) is 33.0 Å². The second-order valence-corrected chi connectivity index (χ2v) is 6.82. The summed E-state index contributed by atoms with van der Waals surface area (Å²) >= 11 is 0. The summed E-state index contributed by atoms with van der Waals surface area (Å²) in [6, 6.07) is 7.67. The van der Waals surface area contributed by atoms with Gasteiger partial charge in [-0.3, -0.25) is 0 Å². The van der Waals surface area contributed by atoms with Gasteiger partial charge in [-0.15, -0.1) is 0 Å². The van der Waals surface area contributed by atoms with Crippen molar-refractivity contribution >= 4 is 10.0 Å². The summed E-state index contributed by atoms with van der Waals surface area (Å²) in [4.78, 5) is 0. The van der Waals surface area contributed by atoms with E-state index >= 15 is 0 Å². The van der Waals surface area contributed by atoms with Gasteiger partial charge in [0.2, 0.25) is 10.0 Å². The number of hydrogen-bond donors (Lipinski definition) is 1. The highest BCUT2D eigenvalue weighted by atomic mass is 32.2. The number of benzene rings is 1. The summed E-state index contributed by atoms with van der Waals surface area (Å²) in [5, 5.41) is 3.11. The molecule has 1 aromatic carbocycles. The van der Waals surface area contributed by atoms with Crippen LogP contribution in [-0.2, 0) is 16.6 Å². The molecule has 6 heteroatoms. The van der Waals surface area contributed by atoms with E-state index in [0.717, 1.165) is 11.3 Å². The number of hydrogen-bond acceptors (Lipinski definition) is 4. The Kier molecular flexibility index (Phi) is 6.70. The highest BCUT2D eigenvalue weighted by molar-refractivity contribution is 7.89. The molecule has 0 aromatic heterocycles. The van der Waals surface area contributed by atoms with Crippen molar-refractivity contribution in [2.45, 2.75) is 6.54 Å².